The van der Waals surface area contributed by atoms with E-state index in [1.807, 2.05) is 13.8 Å². The van der Waals surface area contributed by atoms with Gasteiger partial charge in [0.05, 0.1) is 22.4 Å². The first-order valence-corrected chi connectivity index (χ1v) is 12.0. The molecule has 0 unspecified atom stereocenters. The van der Waals surface area contributed by atoms with Gasteiger partial charge >= 0.3 is 0 Å². The minimum absolute atomic E-state index is 0.0443. The molecular formula is C23H27FN4O4S. The van der Waals surface area contributed by atoms with E-state index in [2.05, 4.69) is 10.4 Å². The lowest BCUT2D eigenvalue weighted by Crippen LogP contribution is -2.30. The van der Waals surface area contributed by atoms with Crippen molar-refractivity contribution in [3.05, 3.63) is 66.2 Å². The number of anilines is 1. The number of carbonyl (C=O) groups is 1. The second-order valence-electron chi connectivity index (χ2n) is 7.49. The SMILES string of the molecule is CCN(CC)S(=O)(=O)c1ccc(OC(C)C)c(NC(=O)c2ccn(-c3cccc(F)c3)n2)c1. The van der Waals surface area contributed by atoms with E-state index < -0.39 is 21.7 Å². The predicted molar refractivity (Wildman–Crippen MR) is 124 cm³/mol. The molecule has 0 atom stereocenters. The Morgan fingerprint density at radius 3 is 2.52 bits per heavy atom. The molecule has 1 aromatic heterocycles. The van der Waals surface area contributed by atoms with Crippen molar-refractivity contribution in [1.82, 2.24) is 14.1 Å². The van der Waals surface area contributed by atoms with Crippen LogP contribution >= 0.6 is 0 Å². The molecule has 0 bridgehead atoms. The number of benzene rings is 2. The van der Waals surface area contributed by atoms with Gasteiger partial charge in [-0.25, -0.2) is 17.5 Å². The summed E-state index contributed by atoms with van der Waals surface area (Å²) in [5.74, 6) is -0.645. The summed E-state index contributed by atoms with van der Waals surface area (Å²) in [5, 5.41) is 6.90. The summed E-state index contributed by atoms with van der Waals surface area (Å²) < 4.78 is 47.9. The molecule has 33 heavy (non-hydrogen) atoms. The lowest BCUT2D eigenvalue weighted by Gasteiger charge is -2.20. The molecule has 3 aromatic rings. The first kappa shape index (κ1) is 24.4. The van der Waals surface area contributed by atoms with Crippen molar-refractivity contribution in [2.24, 2.45) is 0 Å². The molecule has 1 N–H and O–H groups in total. The van der Waals surface area contributed by atoms with Crippen LogP contribution in [0.15, 0.2) is 59.6 Å². The van der Waals surface area contributed by atoms with E-state index in [1.54, 1.807) is 26.0 Å². The number of amides is 1. The molecule has 1 heterocycles. The molecule has 176 valence electrons. The number of ether oxygens (including phenoxy) is 1. The normalized spacial score (nSPS) is 11.7. The van der Waals surface area contributed by atoms with Gasteiger partial charge in [0.1, 0.15) is 11.6 Å². The minimum Gasteiger partial charge on any atom is -0.489 e. The van der Waals surface area contributed by atoms with Gasteiger partial charge in [0.15, 0.2) is 5.69 Å². The van der Waals surface area contributed by atoms with Crippen molar-refractivity contribution >= 4 is 21.6 Å². The lowest BCUT2D eigenvalue weighted by atomic mass is 10.2. The van der Waals surface area contributed by atoms with Crippen LogP contribution in [0.3, 0.4) is 0 Å². The summed E-state index contributed by atoms with van der Waals surface area (Å²) in [7, 11) is -3.73. The summed E-state index contributed by atoms with van der Waals surface area (Å²) in [6.07, 6.45) is 1.34. The van der Waals surface area contributed by atoms with Crippen LogP contribution < -0.4 is 10.1 Å². The Kier molecular flexibility index (Phi) is 7.50. The molecule has 8 nitrogen and oxygen atoms in total. The predicted octanol–water partition coefficient (Wildman–Crippen LogP) is 4.08. The van der Waals surface area contributed by atoms with Crippen LogP contribution in [0.1, 0.15) is 38.2 Å². The van der Waals surface area contributed by atoms with E-state index in [4.69, 9.17) is 4.74 Å². The van der Waals surface area contributed by atoms with E-state index >= 15 is 0 Å². The highest BCUT2D eigenvalue weighted by Gasteiger charge is 2.24. The van der Waals surface area contributed by atoms with Crippen molar-refractivity contribution in [3.8, 4) is 11.4 Å². The monoisotopic (exact) mass is 474 g/mol. The first-order valence-electron chi connectivity index (χ1n) is 10.6. The molecule has 10 heteroatoms. The molecule has 0 fully saturated rings. The van der Waals surface area contributed by atoms with Crippen molar-refractivity contribution < 1.29 is 22.3 Å². The third-order valence-electron chi connectivity index (χ3n) is 4.80. The summed E-state index contributed by atoms with van der Waals surface area (Å²) in [4.78, 5) is 12.9. The zero-order valence-electron chi connectivity index (χ0n) is 18.9. The third-order valence-corrected chi connectivity index (χ3v) is 6.85. The number of carbonyl (C=O) groups excluding carboxylic acids is 1. The highest BCUT2D eigenvalue weighted by atomic mass is 32.2. The molecule has 0 saturated heterocycles. The Hall–Kier alpha value is -3.24. The van der Waals surface area contributed by atoms with Gasteiger partial charge in [0.25, 0.3) is 5.91 Å². The van der Waals surface area contributed by atoms with Gasteiger partial charge in [-0.15, -0.1) is 0 Å². The average molecular weight is 475 g/mol. The Morgan fingerprint density at radius 1 is 1.15 bits per heavy atom. The standard InChI is InChI=1S/C23H27FN4O4S/c1-5-27(6-2)33(30,31)19-10-11-22(32-16(3)4)21(15-19)25-23(29)20-12-13-28(26-20)18-9-7-8-17(24)14-18/h7-16H,5-6H2,1-4H3,(H,25,29). The van der Waals surface area contributed by atoms with Crippen molar-refractivity contribution in [2.45, 2.75) is 38.7 Å². The molecule has 1 amide bonds. The number of hydrogen-bond acceptors (Lipinski definition) is 5. The zero-order chi connectivity index (χ0) is 24.2. The van der Waals surface area contributed by atoms with Crippen molar-refractivity contribution in [2.75, 3.05) is 18.4 Å². The number of sulfonamides is 1. The summed E-state index contributed by atoms with van der Waals surface area (Å²) in [5.41, 5.74) is 0.749. The molecular weight excluding hydrogens is 447 g/mol. The first-order chi connectivity index (χ1) is 15.6. The van der Waals surface area contributed by atoms with Crippen LogP contribution in [0.25, 0.3) is 5.69 Å². The van der Waals surface area contributed by atoms with E-state index in [-0.39, 0.29) is 22.4 Å². The second kappa shape index (κ2) is 10.1. The number of rotatable bonds is 9. The highest BCUT2D eigenvalue weighted by Crippen LogP contribution is 2.30. The van der Waals surface area contributed by atoms with Crippen molar-refractivity contribution in [1.29, 1.82) is 0 Å². The van der Waals surface area contributed by atoms with Crippen LogP contribution in [0.5, 0.6) is 5.75 Å². The molecule has 0 aliphatic heterocycles. The van der Waals surface area contributed by atoms with Crippen LogP contribution in [0, 0.1) is 5.82 Å². The molecule has 2 aromatic carbocycles. The Bertz CT molecular complexity index is 1240. The van der Waals surface area contributed by atoms with Gasteiger partial charge in [-0.3, -0.25) is 4.79 Å². The maximum Gasteiger partial charge on any atom is 0.276 e. The fourth-order valence-electron chi connectivity index (χ4n) is 3.23. The topological polar surface area (TPSA) is 93.5 Å². The van der Waals surface area contributed by atoms with Crippen LogP contribution in [0.2, 0.25) is 0 Å². The zero-order valence-corrected chi connectivity index (χ0v) is 19.8. The van der Waals surface area contributed by atoms with Crippen LogP contribution in [-0.2, 0) is 10.0 Å². The van der Waals surface area contributed by atoms with E-state index in [9.17, 15) is 17.6 Å². The molecule has 0 radical (unpaired) electrons. The maximum absolute atomic E-state index is 13.5. The third kappa shape index (κ3) is 5.58. The number of nitrogens with one attached hydrogen (secondary N) is 1. The number of hydrogen-bond donors (Lipinski definition) is 1. The Balaban J connectivity index is 1.93. The van der Waals surface area contributed by atoms with Gasteiger partial charge in [0.2, 0.25) is 10.0 Å². The van der Waals surface area contributed by atoms with Gasteiger partial charge in [-0.05, 0) is 56.3 Å². The number of nitrogens with zero attached hydrogens (tertiary/aromatic N) is 3. The van der Waals surface area contributed by atoms with Gasteiger partial charge < -0.3 is 10.1 Å². The van der Waals surface area contributed by atoms with Crippen LogP contribution in [-0.4, -0.2) is 47.6 Å². The maximum atomic E-state index is 13.5. The Morgan fingerprint density at radius 2 is 1.88 bits per heavy atom. The molecule has 0 spiro atoms. The lowest BCUT2D eigenvalue weighted by molar-refractivity contribution is 0.102. The van der Waals surface area contributed by atoms with Crippen molar-refractivity contribution in [3.63, 3.8) is 0 Å². The number of halogens is 1. The van der Waals surface area contributed by atoms with Crippen LogP contribution in [0.4, 0.5) is 10.1 Å². The quantitative estimate of drug-likeness (QED) is 0.504. The molecule has 3 rings (SSSR count). The molecule has 0 aliphatic rings. The Labute approximate surface area is 193 Å². The fourth-order valence-corrected chi connectivity index (χ4v) is 4.72. The summed E-state index contributed by atoms with van der Waals surface area (Å²) >= 11 is 0. The van der Waals surface area contributed by atoms with Gasteiger partial charge in [-0.2, -0.15) is 9.40 Å². The van der Waals surface area contributed by atoms with E-state index in [0.717, 1.165) is 0 Å². The highest BCUT2D eigenvalue weighted by molar-refractivity contribution is 7.89. The van der Waals surface area contributed by atoms with Gasteiger partial charge in [-0.1, -0.05) is 19.9 Å². The molecule has 0 aliphatic carbocycles. The largest absolute Gasteiger partial charge is 0.489 e. The van der Waals surface area contributed by atoms with E-state index in [0.29, 0.717) is 24.5 Å². The minimum atomic E-state index is -3.73. The summed E-state index contributed by atoms with van der Waals surface area (Å²) in [6, 6.07) is 11.7. The molecule has 0 saturated carbocycles. The summed E-state index contributed by atoms with van der Waals surface area (Å²) in [6.45, 7) is 7.81. The number of aromatic nitrogens is 2. The van der Waals surface area contributed by atoms with Gasteiger partial charge in [0, 0.05) is 19.3 Å². The average Bonchev–Trinajstić information content (AvgIpc) is 3.26. The van der Waals surface area contributed by atoms with E-state index in [1.165, 1.54) is 51.6 Å². The second-order valence-corrected chi connectivity index (χ2v) is 9.43. The fraction of sp³-hybridized carbons (Fsp3) is 0.304. The smallest absolute Gasteiger partial charge is 0.276 e.